The zero-order valence-electron chi connectivity index (χ0n) is 12.3. The second kappa shape index (κ2) is 6.35. The normalized spacial score (nSPS) is 15.1. The van der Waals surface area contributed by atoms with E-state index in [0.29, 0.717) is 6.54 Å². The molecule has 3 nitrogen and oxygen atoms in total. The van der Waals surface area contributed by atoms with Crippen LogP contribution in [0.1, 0.15) is 39.3 Å². The van der Waals surface area contributed by atoms with Crippen molar-refractivity contribution >= 4 is 0 Å². The summed E-state index contributed by atoms with van der Waals surface area (Å²) >= 11 is 0. The van der Waals surface area contributed by atoms with Gasteiger partial charge in [0.15, 0.2) is 11.6 Å². The predicted octanol–water partition coefficient (Wildman–Crippen LogP) is 2.89. The molecular weight excluding hydrogens is 245 g/mol. The molecule has 0 saturated carbocycles. The minimum atomic E-state index is -0.433. The highest BCUT2D eigenvalue weighted by Crippen LogP contribution is 2.23. The van der Waals surface area contributed by atoms with Gasteiger partial charge in [-0.15, -0.1) is 0 Å². The van der Waals surface area contributed by atoms with Crippen LogP contribution in [0, 0.1) is 11.2 Å². The quantitative estimate of drug-likeness (QED) is 0.863. The van der Waals surface area contributed by atoms with Gasteiger partial charge in [-0.25, -0.2) is 4.39 Å². The second-order valence-corrected chi connectivity index (χ2v) is 5.91. The molecule has 0 saturated heterocycles. The fraction of sp³-hybridized carbons (Fsp3) is 0.600. The maximum atomic E-state index is 13.3. The van der Waals surface area contributed by atoms with Crippen molar-refractivity contribution in [2.75, 3.05) is 13.7 Å². The number of aliphatic hydroxyl groups excluding tert-OH is 1. The first-order valence-electron chi connectivity index (χ1n) is 6.50. The highest BCUT2D eigenvalue weighted by molar-refractivity contribution is 5.31. The summed E-state index contributed by atoms with van der Waals surface area (Å²) in [5.41, 5.74) is 0.770. The number of hydrogen-bond donors (Lipinski definition) is 2. The first-order valence-corrected chi connectivity index (χ1v) is 6.50. The van der Waals surface area contributed by atoms with Crippen LogP contribution >= 0.6 is 0 Å². The van der Waals surface area contributed by atoms with Crippen molar-refractivity contribution in [3.63, 3.8) is 0 Å². The van der Waals surface area contributed by atoms with Crippen LogP contribution in [0.25, 0.3) is 0 Å². The molecule has 2 unspecified atom stereocenters. The molecule has 0 heterocycles. The Hall–Kier alpha value is -1.13. The molecular formula is C15H24FNO2. The van der Waals surface area contributed by atoms with Crippen molar-refractivity contribution < 1.29 is 14.2 Å². The van der Waals surface area contributed by atoms with E-state index in [2.05, 4.69) is 5.32 Å². The molecule has 0 aliphatic rings. The molecule has 1 aromatic carbocycles. The lowest BCUT2D eigenvalue weighted by Gasteiger charge is -2.27. The molecule has 0 amide bonds. The fourth-order valence-electron chi connectivity index (χ4n) is 1.66. The summed E-state index contributed by atoms with van der Waals surface area (Å²) in [5.74, 6) is -0.129. The molecule has 0 fully saturated rings. The minimum Gasteiger partial charge on any atom is -0.494 e. The van der Waals surface area contributed by atoms with E-state index in [0.717, 1.165) is 5.56 Å². The first kappa shape index (κ1) is 15.9. The Morgan fingerprint density at radius 3 is 2.53 bits per heavy atom. The monoisotopic (exact) mass is 269 g/mol. The van der Waals surface area contributed by atoms with E-state index in [-0.39, 0.29) is 23.0 Å². The molecule has 1 rings (SSSR count). The van der Waals surface area contributed by atoms with Gasteiger partial charge in [-0.2, -0.15) is 0 Å². The fourth-order valence-corrected chi connectivity index (χ4v) is 1.66. The number of methoxy groups -OCH3 is 1. The summed E-state index contributed by atoms with van der Waals surface area (Å²) < 4.78 is 18.3. The summed E-state index contributed by atoms with van der Waals surface area (Å²) in [6.45, 7) is 8.44. The van der Waals surface area contributed by atoms with E-state index in [1.807, 2.05) is 27.7 Å². The van der Waals surface area contributed by atoms with Gasteiger partial charge < -0.3 is 15.2 Å². The van der Waals surface area contributed by atoms with E-state index < -0.39 is 6.10 Å². The van der Waals surface area contributed by atoms with Gasteiger partial charge in [0.2, 0.25) is 0 Å². The second-order valence-electron chi connectivity index (χ2n) is 5.91. The minimum absolute atomic E-state index is 0.0199. The van der Waals surface area contributed by atoms with Crippen LogP contribution < -0.4 is 10.1 Å². The average molecular weight is 269 g/mol. The van der Waals surface area contributed by atoms with Crippen molar-refractivity contribution in [1.82, 2.24) is 5.32 Å². The van der Waals surface area contributed by atoms with Crippen LogP contribution in [0.4, 0.5) is 4.39 Å². The number of aliphatic hydroxyl groups is 1. The third kappa shape index (κ3) is 4.48. The molecule has 19 heavy (non-hydrogen) atoms. The molecule has 0 spiro atoms. The molecule has 2 N–H and O–H groups in total. The van der Waals surface area contributed by atoms with E-state index in [1.165, 1.54) is 13.2 Å². The number of nitrogens with one attached hydrogen (secondary N) is 1. The number of rotatable bonds is 5. The van der Waals surface area contributed by atoms with Gasteiger partial charge in [0.1, 0.15) is 0 Å². The maximum absolute atomic E-state index is 13.3. The molecule has 4 heteroatoms. The van der Waals surface area contributed by atoms with Gasteiger partial charge in [0, 0.05) is 12.6 Å². The van der Waals surface area contributed by atoms with Gasteiger partial charge in [0.25, 0.3) is 0 Å². The number of hydrogen-bond acceptors (Lipinski definition) is 3. The van der Waals surface area contributed by atoms with Crippen molar-refractivity contribution in [2.24, 2.45) is 5.41 Å². The van der Waals surface area contributed by atoms with Gasteiger partial charge in [-0.3, -0.25) is 0 Å². The van der Waals surface area contributed by atoms with Crippen LogP contribution in [0.3, 0.4) is 0 Å². The SMILES string of the molecule is COc1cc(C(C)NCC(O)C(C)(C)C)ccc1F. The van der Waals surface area contributed by atoms with Crippen LogP contribution in [-0.2, 0) is 0 Å². The van der Waals surface area contributed by atoms with Crippen LogP contribution in [0.15, 0.2) is 18.2 Å². The molecule has 0 aliphatic heterocycles. The molecule has 0 aliphatic carbocycles. The average Bonchev–Trinajstić information content (AvgIpc) is 2.34. The summed E-state index contributed by atoms with van der Waals surface area (Å²) in [7, 11) is 1.45. The van der Waals surface area contributed by atoms with Gasteiger partial charge >= 0.3 is 0 Å². The third-order valence-corrected chi connectivity index (χ3v) is 3.29. The summed E-state index contributed by atoms with van der Waals surface area (Å²) in [5, 5.41) is 13.2. The Balaban J connectivity index is 2.66. The van der Waals surface area contributed by atoms with Crippen LogP contribution in [-0.4, -0.2) is 24.9 Å². The first-order chi connectivity index (χ1) is 8.75. The van der Waals surface area contributed by atoms with Gasteiger partial charge in [-0.1, -0.05) is 26.8 Å². The maximum Gasteiger partial charge on any atom is 0.165 e. The van der Waals surface area contributed by atoms with E-state index in [4.69, 9.17) is 4.74 Å². The van der Waals surface area contributed by atoms with Crippen molar-refractivity contribution in [1.29, 1.82) is 0 Å². The topological polar surface area (TPSA) is 41.5 Å². The van der Waals surface area contributed by atoms with Crippen LogP contribution in [0.5, 0.6) is 5.75 Å². The lowest BCUT2D eigenvalue weighted by atomic mass is 9.89. The summed E-state index contributed by atoms with van der Waals surface area (Å²) in [6, 6.07) is 4.81. The number of benzene rings is 1. The highest BCUT2D eigenvalue weighted by atomic mass is 19.1. The summed E-state index contributed by atoms with van der Waals surface area (Å²) in [6.07, 6.45) is -0.433. The smallest absolute Gasteiger partial charge is 0.165 e. The Bertz CT molecular complexity index is 415. The zero-order chi connectivity index (χ0) is 14.6. The highest BCUT2D eigenvalue weighted by Gasteiger charge is 2.22. The predicted molar refractivity (Wildman–Crippen MR) is 74.8 cm³/mol. The number of ether oxygens (including phenoxy) is 1. The van der Waals surface area contributed by atoms with Crippen molar-refractivity contribution in [3.05, 3.63) is 29.6 Å². The molecule has 0 aromatic heterocycles. The standard InChI is InChI=1S/C15H24FNO2/c1-10(17-9-14(18)15(2,3)4)11-6-7-12(16)13(8-11)19-5/h6-8,10,14,17-18H,9H2,1-5H3. The Kier molecular flexibility index (Phi) is 5.32. The Morgan fingerprint density at radius 1 is 1.37 bits per heavy atom. The summed E-state index contributed by atoms with van der Waals surface area (Å²) in [4.78, 5) is 0. The van der Waals surface area contributed by atoms with Gasteiger partial charge in [-0.05, 0) is 30.0 Å². The molecule has 2 atom stereocenters. The lowest BCUT2D eigenvalue weighted by molar-refractivity contribution is 0.0609. The lowest BCUT2D eigenvalue weighted by Crippen LogP contribution is -2.37. The van der Waals surface area contributed by atoms with Gasteiger partial charge in [0.05, 0.1) is 13.2 Å². The van der Waals surface area contributed by atoms with Crippen molar-refractivity contribution in [2.45, 2.75) is 39.8 Å². The molecule has 1 aromatic rings. The Labute approximate surface area is 114 Å². The van der Waals surface area contributed by atoms with Crippen molar-refractivity contribution in [3.8, 4) is 5.75 Å². The van der Waals surface area contributed by atoms with Crippen LogP contribution in [0.2, 0.25) is 0 Å². The Morgan fingerprint density at radius 2 is 2.00 bits per heavy atom. The molecule has 0 radical (unpaired) electrons. The zero-order valence-corrected chi connectivity index (χ0v) is 12.3. The van der Waals surface area contributed by atoms with E-state index in [9.17, 15) is 9.50 Å². The number of halogens is 1. The van der Waals surface area contributed by atoms with E-state index >= 15 is 0 Å². The molecule has 108 valence electrons. The molecule has 0 bridgehead atoms. The third-order valence-electron chi connectivity index (χ3n) is 3.29. The largest absolute Gasteiger partial charge is 0.494 e. The van der Waals surface area contributed by atoms with E-state index in [1.54, 1.807) is 12.1 Å².